The number of rotatable bonds is 7. The summed E-state index contributed by atoms with van der Waals surface area (Å²) in [6.45, 7) is 2.39. The van der Waals surface area contributed by atoms with Gasteiger partial charge in [0, 0.05) is 29.3 Å². The maximum atomic E-state index is 12.3. The predicted molar refractivity (Wildman–Crippen MR) is 117 cm³/mol. The Bertz CT molecular complexity index is 1150. The summed E-state index contributed by atoms with van der Waals surface area (Å²) in [5, 5.41) is 2.81. The van der Waals surface area contributed by atoms with E-state index in [2.05, 4.69) is 10.3 Å². The summed E-state index contributed by atoms with van der Waals surface area (Å²) in [5.41, 5.74) is 9.52. The molecule has 30 heavy (non-hydrogen) atoms. The zero-order chi connectivity index (χ0) is 20.9. The van der Waals surface area contributed by atoms with Gasteiger partial charge in [-0.05, 0) is 55.5 Å². The second kappa shape index (κ2) is 8.57. The molecule has 0 saturated carbocycles. The maximum Gasteiger partial charge on any atom is 0.262 e. The monoisotopic (exact) mass is 402 g/mol. The smallest absolute Gasteiger partial charge is 0.262 e. The van der Waals surface area contributed by atoms with Crippen molar-refractivity contribution in [2.45, 2.75) is 6.92 Å². The van der Waals surface area contributed by atoms with Crippen LogP contribution in [0.4, 0.5) is 11.4 Å². The quantitative estimate of drug-likeness (QED) is 0.456. The minimum Gasteiger partial charge on any atom is -0.494 e. The first-order valence-corrected chi connectivity index (χ1v) is 9.61. The van der Waals surface area contributed by atoms with Crippen molar-refractivity contribution in [1.82, 2.24) is 9.38 Å². The highest BCUT2D eigenvalue weighted by Crippen LogP contribution is 2.25. The van der Waals surface area contributed by atoms with Gasteiger partial charge < -0.3 is 24.9 Å². The first kappa shape index (κ1) is 19.3. The van der Waals surface area contributed by atoms with E-state index in [1.165, 1.54) is 0 Å². The number of pyridine rings is 1. The lowest BCUT2D eigenvalue weighted by atomic mass is 10.1. The number of nitrogens with zero attached hydrogens (tertiary/aromatic N) is 2. The van der Waals surface area contributed by atoms with Crippen LogP contribution in [0.3, 0.4) is 0 Å². The van der Waals surface area contributed by atoms with Crippen molar-refractivity contribution in [2.24, 2.45) is 0 Å². The molecule has 0 atom stereocenters. The molecule has 7 nitrogen and oxygen atoms in total. The van der Waals surface area contributed by atoms with Gasteiger partial charge >= 0.3 is 0 Å². The van der Waals surface area contributed by atoms with Gasteiger partial charge in [-0.3, -0.25) is 4.79 Å². The van der Waals surface area contributed by atoms with Gasteiger partial charge in [0.1, 0.15) is 5.75 Å². The topological polar surface area (TPSA) is 90.9 Å². The zero-order valence-corrected chi connectivity index (χ0v) is 16.5. The number of benzene rings is 2. The molecule has 0 bridgehead atoms. The number of nitrogens with two attached hydrogens (primary N) is 1. The fourth-order valence-electron chi connectivity index (χ4n) is 3.03. The van der Waals surface area contributed by atoms with Crippen molar-refractivity contribution in [3.63, 3.8) is 0 Å². The molecule has 0 unspecified atom stereocenters. The van der Waals surface area contributed by atoms with E-state index in [9.17, 15) is 4.79 Å². The molecule has 0 saturated heterocycles. The normalized spacial score (nSPS) is 10.7. The number of nitrogen functional groups attached to an aromatic ring is 1. The number of amides is 1. The number of carbonyl (C=O) groups excluding carboxylic acids is 1. The summed E-state index contributed by atoms with van der Waals surface area (Å²) in [6, 6.07) is 18.3. The van der Waals surface area contributed by atoms with E-state index < -0.39 is 0 Å². The van der Waals surface area contributed by atoms with Crippen LogP contribution < -0.4 is 20.5 Å². The van der Waals surface area contributed by atoms with Gasteiger partial charge in [-0.2, -0.15) is 0 Å². The second-order valence-corrected chi connectivity index (χ2v) is 6.65. The van der Waals surface area contributed by atoms with E-state index in [-0.39, 0.29) is 12.5 Å². The third kappa shape index (κ3) is 4.35. The van der Waals surface area contributed by atoms with E-state index in [1.807, 2.05) is 66.2 Å². The zero-order valence-electron chi connectivity index (χ0n) is 16.5. The Morgan fingerprint density at radius 1 is 1.07 bits per heavy atom. The summed E-state index contributed by atoms with van der Waals surface area (Å²) >= 11 is 0. The minimum atomic E-state index is -0.258. The minimum absolute atomic E-state index is 0.128. The van der Waals surface area contributed by atoms with Crippen LogP contribution >= 0.6 is 0 Å². The molecule has 2 heterocycles. The summed E-state index contributed by atoms with van der Waals surface area (Å²) in [5.74, 6) is 1.03. The molecule has 0 aliphatic rings. The number of hydrogen-bond donors (Lipinski definition) is 2. The summed E-state index contributed by atoms with van der Waals surface area (Å²) in [6.07, 6.45) is 3.80. The van der Waals surface area contributed by atoms with Crippen molar-refractivity contribution in [3.8, 4) is 22.8 Å². The molecule has 3 N–H and O–H groups in total. The van der Waals surface area contributed by atoms with Crippen LogP contribution in [-0.4, -0.2) is 28.5 Å². The lowest BCUT2D eigenvalue weighted by molar-refractivity contribution is -0.118. The third-order valence-electron chi connectivity index (χ3n) is 4.46. The van der Waals surface area contributed by atoms with Gasteiger partial charge in [0.05, 0.1) is 12.3 Å². The van der Waals surface area contributed by atoms with Crippen molar-refractivity contribution in [1.29, 1.82) is 0 Å². The summed E-state index contributed by atoms with van der Waals surface area (Å²) in [7, 11) is 0. The maximum absolute atomic E-state index is 12.3. The third-order valence-corrected chi connectivity index (χ3v) is 4.46. The molecule has 152 valence electrons. The summed E-state index contributed by atoms with van der Waals surface area (Å²) < 4.78 is 13.0. The molecule has 4 aromatic rings. The number of imidazole rings is 1. The van der Waals surface area contributed by atoms with Crippen molar-refractivity contribution in [2.75, 3.05) is 24.3 Å². The number of carbonyl (C=O) groups is 1. The molecular formula is C23H22N4O3. The molecule has 1 amide bonds. The van der Waals surface area contributed by atoms with Crippen LogP contribution in [0.5, 0.6) is 11.5 Å². The van der Waals surface area contributed by atoms with Gasteiger partial charge in [-0.15, -0.1) is 0 Å². The number of ether oxygens (including phenoxy) is 2. The molecule has 0 aliphatic heterocycles. The number of hydrogen-bond acceptors (Lipinski definition) is 5. The van der Waals surface area contributed by atoms with E-state index in [0.717, 1.165) is 17.0 Å². The predicted octanol–water partition coefficient (Wildman–Crippen LogP) is 4.00. The fraction of sp³-hybridized carbons (Fsp3) is 0.130. The highest BCUT2D eigenvalue weighted by Gasteiger charge is 2.11. The molecule has 0 fully saturated rings. The van der Waals surface area contributed by atoms with Gasteiger partial charge in [0.2, 0.25) is 0 Å². The fourth-order valence-corrected chi connectivity index (χ4v) is 3.03. The van der Waals surface area contributed by atoms with Crippen LogP contribution in [-0.2, 0) is 4.79 Å². The largest absolute Gasteiger partial charge is 0.494 e. The lowest BCUT2D eigenvalue weighted by Gasteiger charge is -2.09. The molecule has 7 heteroatoms. The van der Waals surface area contributed by atoms with E-state index >= 15 is 0 Å². The van der Waals surface area contributed by atoms with Crippen molar-refractivity contribution < 1.29 is 14.3 Å². The van der Waals surface area contributed by atoms with E-state index in [0.29, 0.717) is 29.4 Å². The van der Waals surface area contributed by atoms with Crippen LogP contribution in [0.25, 0.3) is 16.9 Å². The number of nitrogens with one attached hydrogen (secondary N) is 1. The van der Waals surface area contributed by atoms with E-state index in [1.54, 1.807) is 18.2 Å². The van der Waals surface area contributed by atoms with Gasteiger partial charge in [0.25, 0.3) is 5.91 Å². The highest BCUT2D eigenvalue weighted by molar-refractivity contribution is 5.92. The van der Waals surface area contributed by atoms with Gasteiger partial charge in [-0.1, -0.05) is 12.1 Å². The molecular weight excluding hydrogens is 380 g/mol. The number of anilines is 2. The Morgan fingerprint density at radius 2 is 1.83 bits per heavy atom. The lowest BCUT2D eigenvalue weighted by Crippen LogP contribution is -2.20. The first-order valence-electron chi connectivity index (χ1n) is 9.61. The molecule has 2 aromatic carbocycles. The average Bonchev–Trinajstić information content (AvgIpc) is 3.19. The Labute approximate surface area is 174 Å². The average molecular weight is 402 g/mol. The van der Waals surface area contributed by atoms with E-state index in [4.69, 9.17) is 15.2 Å². The molecule has 0 aliphatic carbocycles. The standard InChI is InChI=1S/C23H22N4O3/c1-2-29-19-11-9-18(10-12-19)25-22(28)15-30-21-4-3-13-27-14-20(26-23(21)27)16-5-7-17(24)8-6-16/h3-14H,2,15,24H2,1H3,(H,25,28). The Morgan fingerprint density at radius 3 is 2.57 bits per heavy atom. The first-order chi connectivity index (χ1) is 14.6. The Hall–Kier alpha value is -4.00. The second-order valence-electron chi connectivity index (χ2n) is 6.65. The van der Waals surface area contributed by atoms with Crippen molar-refractivity contribution in [3.05, 3.63) is 73.1 Å². The Balaban J connectivity index is 1.44. The van der Waals surface area contributed by atoms with Gasteiger partial charge in [0.15, 0.2) is 18.0 Å². The Kier molecular flexibility index (Phi) is 5.52. The molecule has 4 rings (SSSR count). The molecule has 0 spiro atoms. The highest BCUT2D eigenvalue weighted by atomic mass is 16.5. The molecule has 2 aromatic heterocycles. The molecule has 0 radical (unpaired) electrons. The number of fused-ring (bicyclic) bond motifs is 1. The van der Waals surface area contributed by atoms with Crippen LogP contribution in [0.2, 0.25) is 0 Å². The number of aromatic nitrogens is 2. The van der Waals surface area contributed by atoms with Gasteiger partial charge in [-0.25, -0.2) is 4.98 Å². The van der Waals surface area contributed by atoms with Crippen LogP contribution in [0.1, 0.15) is 6.92 Å². The SMILES string of the molecule is CCOc1ccc(NC(=O)COc2cccn3cc(-c4ccc(N)cc4)nc23)cc1. The van der Waals surface area contributed by atoms with Crippen LogP contribution in [0, 0.1) is 0 Å². The summed E-state index contributed by atoms with van der Waals surface area (Å²) in [4.78, 5) is 16.9. The van der Waals surface area contributed by atoms with Crippen LogP contribution in [0.15, 0.2) is 73.1 Å². The van der Waals surface area contributed by atoms with Crippen molar-refractivity contribution >= 4 is 22.9 Å².